The Morgan fingerprint density at radius 1 is 0.917 bits per heavy atom. The number of rotatable bonds is 5. The Balaban J connectivity index is 1.74. The standard InChI is InChI=1S/C29H26N2O5/c1-17-10-7-8-15-22(17)25-23-24(29(30-25,28(35)36-3)20-12-5-4-6-13-20)27(34)31(26(23)33)21-14-9-11-19(16-21)18(2)32/h4-16,23-25,30H,1-3H3/t23-,24-,25-,29-/m0/s1. The van der Waals surface area contributed by atoms with Crippen molar-refractivity contribution in [3.05, 3.63) is 101 Å². The van der Waals surface area contributed by atoms with Gasteiger partial charge in [0.15, 0.2) is 11.3 Å². The van der Waals surface area contributed by atoms with Crippen LogP contribution >= 0.6 is 0 Å². The van der Waals surface area contributed by atoms with Gasteiger partial charge in [0.1, 0.15) is 0 Å². The molecular weight excluding hydrogens is 456 g/mol. The Kier molecular flexibility index (Phi) is 5.80. The van der Waals surface area contributed by atoms with Crippen molar-refractivity contribution < 1.29 is 23.9 Å². The summed E-state index contributed by atoms with van der Waals surface area (Å²) in [5, 5.41) is 3.40. The normalized spacial score (nSPS) is 25.1. The van der Waals surface area contributed by atoms with Crippen LogP contribution in [0.15, 0.2) is 78.9 Å². The van der Waals surface area contributed by atoms with Crippen LogP contribution in [0.2, 0.25) is 0 Å². The number of fused-ring (bicyclic) bond motifs is 1. The zero-order valence-electron chi connectivity index (χ0n) is 20.2. The van der Waals surface area contributed by atoms with Crippen LogP contribution in [0.25, 0.3) is 0 Å². The van der Waals surface area contributed by atoms with E-state index in [0.717, 1.165) is 16.0 Å². The van der Waals surface area contributed by atoms with Crippen LogP contribution in [-0.2, 0) is 24.7 Å². The summed E-state index contributed by atoms with van der Waals surface area (Å²) in [6, 6.07) is 22.3. The minimum absolute atomic E-state index is 0.177. The molecule has 1 N–H and O–H groups in total. The van der Waals surface area contributed by atoms with Crippen molar-refractivity contribution in [1.82, 2.24) is 5.32 Å². The minimum atomic E-state index is -1.58. The number of methoxy groups -OCH3 is 1. The van der Waals surface area contributed by atoms with Gasteiger partial charge >= 0.3 is 5.97 Å². The molecule has 7 heteroatoms. The number of amides is 2. The molecule has 36 heavy (non-hydrogen) atoms. The molecule has 7 nitrogen and oxygen atoms in total. The molecule has 2 aliphatic rings. The van der Waals surface area contributed by atoms with Gasteiger partial charge in [-0.25, -0.2) is 9.69 Å². The second-order valence-corrected chi connectivity index (χ2v) is 9.27. The summed E-state index contributed by atoms with van der Waals surface area (Å²) in [5.41, 5.74) is 1.43. The first-order valence-corrected chi connectivity index (χ1v) is 11.8. The lowest BCUT2D eigenvalue weighted by molar-refractivity contribution is -0.152. The number of anilines is 1. The number of nitrogens with one attached hydrogen (secondary N) is 1. The van der Waals surface area contributed by atoms with Crippen LogP contribution < -0.4 is 10.2 Å². The lowest BCUT2D eigenvalue weighted by atomic mass is 9.75. The molecule has 182 valence electrons. The predicted molar refractivity (Wildman–Crippen MR) is 133 cm³/mol. The van der Waals surface area contributed by atoms with Gasteiger partial charge in [0.25, 0.3) is 0 Å². The summed E-state index contributed by atoms with van der Waals surface area (Å²) in [7, 11) is 1.28. The van der Waals surface area contributed by atoms with Gasteiger partial charge < -0.3 is 4.74 Å². The molecule has 0 bridgehead atoms. The number of Topliss-reactive ketones (excluding diaryl/α,β-unsaturated/α-hetero) is 1. The van der Waals surface area contributed by atoms with Gasteiger partial charge in [-0.2, -0.15) is 0 Å². The molecule has 2 fully saturated rings. The quantitative estimate of drug-likeness (QED) is 0.339. The second-order valence-electron chi connectivity index (χ2n) is 9.27. The molecular formula is C29H26N2O5. The summed E-state index contributed by atoms with van der Waals surface area (Å²) in [5.74, 6) is -3.66. The van der Waals surface area contributed by atoms with E-state index in [0.29, 0.717) is 16.8 Å². The monoisotopic (exact) mass is 482 g/mol. The van der Waals surface area contributed by atoms with Crippen LogP contribution in [0, 0.1) is 18.8 Å². The number of ether oxygens (including phenoxy) is 1. The Morgan fingerprint density at radius 2 is 1.61 bits per heavy atom. The number of ketones is 1. The maximum Gasteiger partial charge on any atom is 0.331 e. The van der Waals surface area contributed by atoms with Gasteiger partial charge in [-0.15, -0.1) is 0 Å². The number of imide groups is 1. The number of benzene rings is 3. The fraction of sp³-hybridized carbons (Fsp3) is 0.241. The number of aryl methyl sites for hydroxylation is 1. The van der Waals surface area contributed by atoms with Crippen molar-refractivity contribution in [3.63, 3.8) is 0 Å². The fourth-order valence-corrected chi connectivity index (χ4v) is 5.66. The Labute approximate surface area is 209 Å². The summed E-state index contributed by atoms with van der Waals surface area (Å²) >= 11 is 0. The molecule has 0 saturated carbocycles. The summed E-state index contributed by atoms with van der Waals surface area (Å²) in [6.07, 6.45) is 0. The molecule has 5 rings (SSSR count). The molecule has 0 spiro atoms. The van der Waals surface area contributed by atoms with Crippen molar-refractivity contribution in [1.29, 1.82) is 0 Å². The first-order chi connectivity index (χ1) is 17.3. The lowest BCUT2D eigenvalue weighted by Gasteiger charge is -2.33. The molecule has 4 atom stereocenters. The highest BCUT2D eigenvalue weighted by Gasteiger charge is 2.69. The Morgan fingerprint density at radius 3 is 2.28 bits per heavy atom. The van der Waals surface area contributed by atoms with Gasteiger partial charge in [0.05, 0.1) is 24.6 Å². The molecule has 2 aliphatic heterocycles. The molecule has 0 unspecified atom stereocenters. The van der Waals surface area contributed by atoms with Crippen LogP contribution in [0.4, 0.5) is 5.69 Å². The fourth-order valence-electron chi connectivity index (χ4n) is 5.66. The Hall–Kier alpha value is -4.10. The third-order valence-corrected chi connectivity index (χ3v) is 7.33. The molecule has 2 saturated heterocycles. The highest BCUT2D eigenvalue weighted by Crippen LogP contribution is 2.54. The average Bonchev–Trinajstić information content (AvgIpc) is 3.38. The largest absolute Gasteiger partial charge is 0.467 e. The van der Waals surface area contributed by atoms with Crippen molar-refractivity contribution in [3.8, 4) is 0 Å². The molecule has 3 aromatic rings. The molecule has 3 aromatic carbocycles. The van der Waals surface area contributed by atoms with Gasteiger partial charge in [0.2, 0.25) is 11.8 Å². The van der Waals surface area contributed by atoms with E-state index in [9.17, 15) is 19.2 Å². The summed E-state index contributed by atoms with van der Waals surface area (Å²) in [6.45, 7) is 3.36. The first-order valence-electron chi connectivity index (χ1n) is 11.8. The molecule has 0 aromatic heterocycles. The van der Waals surface area contributed by atoms with Crippen molar-refractivity contribution in [2.75, 3.05) is 12.0 Å². The SMILES string of the molecule is COC(=O)[C@@]1(c2ccccc2)N[C@@H](c2ccccc2C)[C@H]2C(=O)N(c3cccc(C(C)=O)c3)C(=O)[C@H]21. The topological polar surface area (TPSA) is 92.8 Å². The van der Waals surface area contributed by atoms with E-state index in [4.69, 9.17) is 4.74 Å². The van der Waals surface area contributed by atoms with Gasteiger partial charge in [-0.3, -0.25) is 19.7 Å². The van der Waals surface area contributed by atoms with Crippen LogP contribution in [0.5, 0.6) is 0 Å². The number of carbonyl (C=O) groups excluding carboxylic acids is 4. The lowest BCUT2D eigenvalue weighted by Crippen LogP contribution is -2.53. The summed E-state index contributed by atoms with van der Waals surface area (Å²) in [4.78, 5) is 54.8. The van der Waals surface area contributed by atoms with E-state index in [1.54, 1.807) is 42.5 Å². The summed E-state index contributed by atoms with van der Waals surface area (Å²) < 4.78 is 5.26. The van der Waals surface area contributed by atoms with Crippen molar-refractivity contribution in [2.24, 2.45) is 11.8 Å². The van der Waals surface area contributed by atoms with E-state index in [-0.39, 0.29) is 5.78 Å². The zero-order valence-corrected chi connectivity index (χ0v) is 20.2. The van der Waals surface area contributed by atoms with Gasteiger partial charge in [0, 0.05) is 11.6 Å². The number of hydrogen-bond acceptors (Lipinski definition) is 6. The third-order valence-electron chi connectivity index (χ3n) is 7.33. The van der Waals surface area contributed by atoms with Crippen LogP contribution in [-0.4, -0.2) is 30.7 Å². The van der Waals surface area contributed by atoms with Crippen molar-refractivity contribution in [2.45, 2.75) is 25.4 Å². The zero-order chi connectivity index (χ0) is 25.6. The predicted octanol–water partition coefficient (Wildman–Crippen LogP) is 3.72. The number of esters is 1. The van der Waals surface area contributed by atoms with E-state index in [1.807, 2.05) is 37.3 Å². The van der Waals surface area contributed by atoms with Crippen molar-refractivity contribution >= 4 is 29.3 Å². The van der Waals surface area contributed by atoms with E-state index < -0.39 is 41.2 Å². The number of hydrogen-bond donors (Lipinski definition) is 1. The average molecular weight is 483 g/mol. The number of nitrogens with zero attached hydrogens (tertiary/aromatic N) is 1. The highest BCUT2D eigenvalue weighted by molar-refractivity contribution is 6.24. The van der Waals surface area contributed by atoms with E-state index >= 15 is 0 Å². The highest BCUT2D eigenvalue weighted by atomic mass is 16.5. The molecule has 2 heterocycles. The van der Waals surface area contributed by atoms with Gasteiger partial charge in [-0.1, -0.05) is 66.7 Å². The van der Waals surface area contributed by atoms with Crippen LogP contribution in [0.3, 0.4) is 0 Å². The smallest absolute Gasteiger partial charge is 0.331 e. The number of carbonyl (C=O) groups is 4. The molecule has 0 aliphatic carbocycles. The Bertz CT molecular complexity index is 1390. The minimum Gasteiger partial charge on any atom is -0.467 e. The maximum atomic E-state index is 14.1. The van der Waals surface area contributed by atoms with E-state index in [2.05, 4.69) is 5.32 Å². The van der Waals surface area contributed by atoms with E-state index in [1.165, 1.54) is 20.1 Å². The molecule has 0 radical (unpaired) electrons. The molecule has 2 amide bonds. The van der Waals surface area contributed by atoms with Crippen LogP contribution in [0.1, 0.15) is 40.0 Å². The second kappa shape index (κ2) is 8.84. The first kappa shape index (κ1) is 23.6. The van der Waals surface area contributed by atoms with Gasteiger partial charge in [-0.05, 0) is 42.7 Å². The maximum absolute atomic E-state index is 14.1. The third kappa shape index (κ3) is 3.38.